The van der Waals surface area contributed by atoms with Gasteiger partial charge in [0, 0.05) is 19.4 Å². The van der Waals surface area contributed by atoms with E-state index in [4.69, 9.17) is 24.3 Å². The number of unbranched alkanes of at least 4 members (excludes halogenated alkanes) is 14. The molecular weight excluding hydrogens is 745 g/mol. The summed E-state index contributed by atoms with van der Waals surface area (Å²) in [6.07, 6.45) is 41.2. The fraction of sp³-hybridized carbons (Fsp3) is 0.733. The predicted octanol–water partition coefficient (Wildman–Crippen LogP) is 10.4. The lowest BCUT2D eigenvalue weighted by atomic mass is 10.0. The van der Waals surface area contributed by atoms with E-state index in [1.165, 1.54) is 77.0 Å². The van der Waals surface area contributed by atoms with Crippen LogP contribution in [-0.2, 0) is 32.7 Å². The van der Waals surface area contributed by atoms with Crippen LogP contribution >= 0.6 is 7.82 Å². The standard InChI is InChI=1S/C45H80NO10P/c1-3-5-6-7-8-9-10-11-13-17-20-23-26-29-32-35-44(49)53-39-41(40-55-57(51,52)54-38-37-46)56-45(50)36-33-30-27-24-21-18-15-12-14-16-19-22-25-28-31-34-43(48)42(47)4-2/h12,14,18-19,21-22,27-28,30-31,41-43,47-48H,3-11,13,15-17,20,23-26,29,32-40,46H2,1-2H3,(H,51,52)/b14-12+,21-18+,22-19+,30-27+,31-28+. The van der Waals surface area contributed by atoms with E-state index in [-0.39, 0.29) is 32.6 Å². The Morgan fingerprint density at radius 3 is 1.56 bits per heavy atom. The minimum atomic E-state index is -4.41. The van der Waals surface area contributed by atoms with E-state index in [0.717, 1.165) is 38.5 Å². The number of aliphatic hydroxyl groups excluding tert-OH is 2. The number of carbonyl (C=O) groups excluding carboxylic acids is 2. The molecule has 5 N–H and O–H groups in total. The number of rotatable bonds is 40. The quantitative estimate of drug-likeness (QED) is 0.0200. The van der Waals surface area contributed by atoms with Crippen LogP contribution in [0.5, 0.6) is 0 Å². The summed E-state index contributed by atoms with van der Waals surface area (Å²) in [4.78, 5) is 34.8. The Bertz CT molecular complexity index is 1150. The van der Waals surface area contributed by atoms with Gasteiger partial charge in [-0.1, -0.05) is 164 Å². The first-order chi connectivity index (χ1) is 27.6. The summed E-state index contributed by atoms with van der Waals surface area (Å²) in [6.45, 7) is 3.18. The molecule has 57 heavy (non-hydrogen) atoms. The van der Waals surface area contributed by atoms with Crippen molar-refractivity contribution in [3.63, 3.8) is 0 Å². The second-order valence-electron chi connectivity index (χ2n) is 14.5. The highest BCUT2D eigenvalue weighted by atomic mass is 31.2. The Kier molecular flexibility index (Phi) is 38.7. The van der Waals surface area contributed by atoms with E-state index in [2.05, 4.69) is 37.3 Å². The van der Waals surface area contributed by atoms with Crippen LogP contribution in [0.3, 0.4) is 0 Å². The van der Waals surface area contributed by atoms with Gasteiger partial charge in [0.2, 0.25) is 0 Å². The second-order valence-corrected chi connectivity index (χ2v) is 16.0. The Morgan fingerprint density at radius 1 is 0.596 bits per heavy atom. The molecule has 0 heterocycles. The summed E-state index contributed by atoms with van der Waals surface area (Å²) >= 11 is 0. The maximum absolute atomic E-state index is 12.5. The number of phosphoric acid groups is 1. The van der Waals surface area contributed by atoms with Crippen LogP contribution in [-0.4, -0.2) is 71.7 Å². The Labute approximate surface area is 345 Å². The molecule has 4 unspecified atom stereocenters. The van der Waals surface area contributed by atoms with Crippen molar-refractivity contribution in [3.05, 3.63) is 60.8 Å². The fourth-order valence-corrected chi connectivity index (χ4v) is 6.48. The molecule has 0 saturated heterocycles. The minimum Gasteiger partial charge on any atom is -0.462 e. The molecule has 0 aliphatic heterocycles. The number of allylic oxidation sites excluding steroid dienone is 9. The van der Waals surface area contributed by atoms with Crippen molar-refractivity contribution < 1.29 is 47.8 Å². The van der Waals surface area contributed by atoms with Gasteiger partial charge in [-0.2, -0.15) is 0 Å². The topological polar surface area (TPSA) is 175 Å². The third kappa shape index (κ3) is 38.9. The van der Waals surface area contributed by atoms with Crippen molar-refractivity contribution in [2.45, 2.75) is 186 Å². The van der Waals surface area contributed by atoms with Crippen molar-refractivity contribution in [2.24, 2.45) is 5.73 Å². The number of hydrogen-bond acceptors (Lipinski definition) is 10. The fourth-order valence-electron chi connectivity index (χ4n) is 5.71. The predicted molar refractivity (Wildman–Crippen MR) is 231 cm³/mol. The monoisotopic (exact) mass is 826 g/mol. The van der Waals surface area contributed by atoms with Gasteiger partial charge in [0.25, 0.3) is 0 Å². The van der Waals surface area contributed by atoms with Crippen molar-refractivity contribution in [1.29, 1.82) is 0 Å². The van der Waals surface area contributed by atoms with Crippen LogP contribution in [0.2, 0.25) is 0 Å². The molecule has 0 fully saturated rings. The van der Waals surface area contributed by atoms with Crippen LogP contribution in [0.4, 0.5) is 0 Å². The summed E-state index contributed by atoms with van der Waals surface area (Å²) in [7, 11) is -4.41. The van der Waals surface area contributed by atoms with Gasteiger partial charge >= 0.3 is 19.8 Å². The molecule has 0 spiro atoms. The summed E-state index contributed by atoms with van der Waals surface area (Å²) in [5.74, 6) is -0.956. The van der Waals surface area contributed by atoms with E-state index in [0.29, 0.717) is 25.7 Å². The first-order valence-corrected chi connectivity index (χ1v) is 23.4. The molecule has 0 rings (SSSR count). The Hall–Kier alpha value is -2.37. The van der Waals surface area contributed by atoms with Crippen LogP contribution < -0.4 is 5.73 Å². The normalized spacial score (nSPS) is 15.0. The second kappa shape index (κ2) is 40.4. The average Bonchev–Trinajstić information content (AvgIpc) is 3.20. The first-order valence-electron chi connectivity index (χ1n) is 21.9. The van der Waals surface area contributed by atoms with Gasteiger partial charge in [-0.15, -0.1) is 0 Å². The maximum atomic E-state index is 12.5. The first kappa shape index (κ1) is 54.6. The highest BCUT2D eigenvalue weighted by molar-refractivity contribution is 7.47. The van der Waals surface area contributed by atoms with Crippen LogP contribution in [0.15, 0.2) is 60.8 Å². The van der Waals surface area contributed by atoms with Gasteiger partial charge in [0.15, 0.2) is 6.10 Å². The van der Waals surface area contributed by atoms with Crippen LogP contribution in [0.1, 0.15) is 168 Å². The third-order valence-corrected chi connectivity index (χ3v) is 10.2. The van der Waals surface area contributed by atoms with Gasteiger partial charge in [-0.25, -0.2) is 4.57 Å². The lowest BCUT2D eigenvalue weighted by molar-refractivity contribution is -0.161. The molecule has 4 atom stereocenters. The van der Waals surface area contributed by atoms with Gasteiger partial charge in [-0.3, -0.25) is 18.6 Å². The average molecular weight is 826 g/mol. The SMILES string of the molecule is CCCCCCCCCCCCCCCCCC(=O)OCC(COP(=O)(O)OCCN)OC(=O)CC/C=C/C/C=C/C/C=C/C/C=C/C/C=C/CC(O)C(O)CC. The van der Waals surface area contributed by atoms with Gasteiger partial charge in [0.05, 0.1) is 25.4 Å². The van der Waals surface area contributed by atoms with Crippen molar-refractivity contribution in [1.82, 2.24) is 0 Å². The minimum absolute atomic E-state index is 0.0302. The third-order valence-electron chi connectivity index (χ3n) is 9.19. The summed E-state index contributed by atoms with van der Waals surface area (Å²) < 4.78 is 32.6. The van der Waals surface area contributed by atoms with E-state index in [1.807, 2.05) is 37.3 Å². The molecule has 12 heteroatoms. The molecule has 0 aromatic rings. The number of nitrogens with two attached hydrogens (primary N) is 1. The number of carbonyl (C=O) groups is 2. The molecule has 330 valence electrons. The summed E-state index contributed by atoms with van der Waals surface area (Å²) in [5, 5.41) is 19.3. The zero-order valence-electron chi connectivity index (χ0n) is 35.5. The highest BCUT2D eigenvalue weighted by Crippen LogP contribution is 2.43. The van der Waals surface area contributed by atoms with E-state index < -0.39 is 44.7 Å². The van der Waals surface area contributed by atoms with E-state index >= 15 is 0 Å². The number of aliphatic hydroxyl groups is 2. The lowest BCUT2D eigenvalue weighted by Gasteiger charge is -2.19. The summed E-state index contributed by atoms with van der Waals surface area (Å²) in [6, 6.07) is 0. The molecule has 0 radical (unpaired) electrons. The molecule has 0 aromatic carbocycles. The van der Waals surface area contributed by atoms with Crippen LogP contribution in [0, 0.1) is 0 Å². The van der Waals surface area contributed by atoms with Crippen molar-refractivity contribution in [2.75, 3.05) is 26.4 Å². The lowest BCUT2D eigenvalue weighted by Crippen LogP contribution is -2.29. The zero-order valence-corrected chi connectivity index (χ0v) is 36.4. The molecule has 11 nitrogen and oxygen atoms in total. The molecule has 0 amide bonds. The zero-order chi connectivity index (χ0) is 42.1. The Balaban J connectivity index is 4.31. The molecular formula is C45H80NO10P. The Morgan fingerprint density at radius 2 is 1.07 bits per heavy atom. The number of hydrogen-bond donors (Lipinski definition) is 4. The molecule has 0 aliphatic carbocycles. The number of ether oxygens (including phenoxy) is 2. The molecule has 0 aromatic heterocycles. The number of esters is 2. The smallest absolute Gasteiger partial charge is 0.462 e. The van der Waals surface area contributed by atoms with Crippen molar-refractivity contribution >= 4 is 19.8 Å². The molecule has 0 bridgehead atoms. The molecule has 0 aliphatic rings. The van der Waals surface area contributed by atoms with E-state index in [9.17, 15) is 29.3 Å². The number of phosphoric ester groups is 1. The van der Waals surface area contributed by atoms with Crippen LogP contribution in [0.25, 0.3) is 0 Å². The largest absolute Gasteiger partial charge is 0.472 e. The van der Waals surface area contributed by atoms with Crippen molar-refractivity contribution in [3.8, 4) is 0 Å². The molecule has 0 saturated carbocycles. The summed E-state index contributed by atoms with van der Waals surface area (Å²) in [5.41, 5.74) is 5.34. The highest BCUT2D eigenvalue weighted by Gasteiger charge is 2.26. The van der Waals surface area contributed by atoms with Gasteiger partial charge < -0.3 is 30.3 Å². The van der Waals surface area contributed by atoms with Gasteiger partial charge in [0.1, 0.15) is 6.61 Å². The maximum Gasteiger partial charge on any atom is 0.472 e. The van der Waals surface area contributed by atoms with Gasteiger partial charge in [-0.05, 0) is 51.4 Å². The van der Waals surface area contributed by atoms with E-state index in [1.54, 1.807) is 0 Å².